The molecule has 0 fully saturated rings. The largest absolute Gasteiger partial charge is 0.496 e. The number of hydrogen-bond donors (Lipinski definition) is 0. The van der Waals surface area contributed by atoms with E-state index in [1.54, 1.807) is 13.2 Å². The van der Waals surface area contributed by atoms with Crippen LogP contribution < -0.4 is 4.74 Å². The molecule has 0 aliphatic heterocycles. The molecule has 1 aliphatic carbocycles. The van der Waals surface area contributed by atoms with Gasteiger partial charge in [0.05, 0.1) is 7.11 Å². The lowest BCUT2D eigenvalue weighted by Gasteiger charge is -2.15. The van der Waals surface area contributed by atoms with Crippen LogP contribution in [0.2, 0.25) is 0 Å². The Morgan fingerprint density at radius 2 is 1.83 bits per heavy atom. The Bertz CT molecular complexity index is 498. The van der Waals surface area contributed by atoms with Gasteiger partial charge in [-0.15, -0.1) is 0 Å². The third kappa shape index (κ3) is 2.47. The number of ether oxygens (including phenoxy) is 1. The molecule has 0 unspecified atom stereocenters. The van der Waals surface area contributed by atoms with Gasteiger partial charge in [0.2, 0.25) is 0 Å². The molecule has 18 heavy (non-hydrogen) atoms. The number of carbonyl (C=O) groups excluding carboxylic acids is 1. The predicted molar refractivity (Wildman–Crippen MR) is 73.9 cm³/mol. The van der Waals surface area contributed by atoms with E-state index < -0.39 is 0 Å². The highest BCUT2D eigenvalue weighted by atomic mass is 16.5. The van der Waals surface area contributed by atoms with Crippen LogP contribution in [0.1, 0.15) is 42.4 Å². The molecule has 0 N–H and O–H groups in total. The van der Waals surface area contributed by atoms with Crippen molar-refractivity contribution < 1.29 is 9.53 Å². The number of rotatable bonds is 2. The number of ketones is 1. The van der Waals surface area contributed by atoms with E-state index in [2.05, 4.69) is 26.0 Å². The van der Waals surface area contributed by atoms with Crippen LogP contribution in [-0.4, -0.2) is 12.9 Å². The van der Waals surface area contributed by atoms with Crippen LogP contribution in [-0.2, 0) is 4.79 Å². The molecule has 0 atom stereocenters. The fraction of sp³-hybridized carbons (Fsp3) is 0.438. The van der Waals surface area contributed by atoms with E-state index in [0.717, 1.165) is 41.7 Å². The predicted octanol–water partition coefficient (Wildman–Crippen LogP) is 3.84. The molecule has 0 aromatic heterocycles. The van der Waals surface area contributed by atoms with Crippen LogP contribution in [0.4, 0.5) is 0 Å². The summed E-state index contributed by atoms with van der Waals surface area (Å²) in [5.74, 6) is 1.15. The summed E-state index contributed by atoms with van der Waals surface area (Å²) < 4.78 is 5.53. The molecule has 0 bridgehead atoms. The number of hydrogen-bond acceptors (Lipinski definition) is 2. The number of aryl methyl sites for hydroxylation is 1. The average molecular weight is 244 g/mol. The first-order valence-corrected chi connectivity index (χ1v) is 6.51. The molecule has 0 spiro atoms. The van der Waals surface area contributed by atoms with E-state index in [-0.39, 0.29) is 5.78 Å². The van der Waals surface area contributed by atoms with Crippen molar-refractivity contribution in [1.29, 1.82) is 0 Å². The summed E-state index contributed by atoms with van der Waals surface area (Å²) in [6.45, 7) is 4.14. The summed E-state index contributed by atoms with van der Waals surface area (Å²) in [7, 11) is 1.70. The van der Waals surface area contributed by atoms with E-state index in [1.165, 1.54) is 5.56 Å². The van der Waals surface area contributed by atoms with Crippen molar-refractivity contribution in [1.82, 2.24) is 0 Å². The molecule has 0 heterocycles. The Kier molecular flexibility index (Phi) is 3.85. The highest BCUT2D eigenvalue weighted by Gasteiger charge is 2.15. The summed E-state index contributed by atoms with van der Waals surface area (Å²) in [5.41, 5.74) is 4.58. The summed E-state index contributed by atoms with van der Waals surface area (Å²) >= 11 is 0. The van der Waals surface area contributed by atoms with Crippen molar-refractivity contribution in [2.45, 2.75) is 39.5 Å². The van der Waals surface area contributed by atoms with Crippen molar-refractivity contribution in [3.05, 3.63) is 34.9 Å². The standard InChI is InChI=1S/C16H20O2/c1-11-8-9-15(16(18-3)12(11)2)13-6-4-5-7-14(17)10-13/h8-10H,4-7H2,1-3H3. The van der Waals surface area contributed by atoms with Gasteiger partial charge in [-0.1, -0.05) is 12.1 Å². The van der Waals surface area contributed by atoms with E-state index in [1.807, 2.05) is 0 Å². The summed E-state index contributed by atoms with van der Waals surface area (Å²) in [6, 6.07) is 4.18. The summed E-state index contributed by atoms with van der Waals surface area (Å²) in [6.07, 6.45) is 5.51. The Morgan fingerprint density at radius 1 is 1.11 bits per heavy atom. The number of carbonyl (C=O) groups is 1. The molecule has 1 aromatic rings. The summed E-state index contributed by atoms with van der Waals surface area (Å²) in [5, 5.41) is 0. The zero-order valence-corrected chi connectivity index (χ0v) is 11.4. The Labute approximate surface area is 109 Å². The number of methoxy groups -OCH3 is 1. The lowest BCUT2D eigenvalue weighted by molar-refractivity contribution is -0.114. The molecule has 96 valence electrons. The third-order valence-electron chi connectivity index (χ3n) is 3.68. The SMILES string of the molecule is COc1c(C2=CC(=O)CCCC2)ccc(C)c1C. The second kappa shape index (κ2) is 5.38. The monoisotopic (exact) mass is 244 g/mol. The van der Waals surface area contributed by atoms with Gasteiger partial charge >= 0.3 is 0 Å². The van der Waals surface area contributed by atoms with E-state index in [0.29, 0.717) is 6.42 Å². The maximum Gasteiger partial charge on any atom is 0.155 e. The van der Waals surface area contributed by atoms with E-state index in [4.69, 9.17) is 4.74 Å². The van der Waals surface area contributed by atoms with Crippen molar-refractivity contribution >= 4 is 11.4 Å². The summed E-state index contributed by atoms with van der Waals surface area (Å²) in [4.78, 5) is 11.7. The smallest absolute Gasteiger partial charge is 0.155 e. The molecular formula is C16H20O2. The first-order chi connectivity index (χ1) is 8.63. The number of benzene rings is 1. The third-order valence-corrected chi connectivity index (χ3v) is 3.68. The van der Waals surface area contributed by atoms with Crippen molar-refractivity contribution in [2.75, 3.05) is 7.11 Å². The molecule has 0 radical (unpaired) electrons. The van der Waals surface area contributed by atoms with Crippen molar-refractivity contribution in [2.24, 2.45) is 0 Å². The topological polar surface area (TPSA) is 26.3 Å². The van der Waals surface area contributed by atoms with Gasteiger partial charge in [-0.25, -0.2) is 0 Å². The molecule has 2 heteroatoms. The number of allylic oxidation sites excluding steroid dienone is 2. The quantitative estimate of drug-likeness (QED) is 0.790. The van der Waals surface area contributed by atoms with Gasteiger partial charge in [0.25, 0.3) is 0 Å². The van der Waals surface area contributed by atoms with Crippen LogP contribution >= 0.6 is 0 Å². The van der Waals surface area contributed by atoms with Gasteiger partial charge in [0.15, 0.2) is 5.78 Å². The second-order valence-corrected chi connectivity index (χ2v) is 4.93. The Morgan fingerprint density at radius 3 is 2.56 bits per heavy atom. The molecule has 2 rings (SSSR count). The van der Waals surface area contributed by atoms with Crippen molar-refractivity contribution in [3.63, 3.8) is 0 Å². The molecule has 2 nitrogen and oxygen atoms in total. The van der Waals surface area contributed by atoms with Gasteiger partial charge in [-0.2, -0.15) is 0 Å². The zero-order valence-electron chi connectivity index (χ0n) is 11.4. The van der Waals surface area contributed by atoms with Gasteiger partial charge in [-0.05, 0) is 55.9 Å². The van der Waals surface area contributed by atoms with Gasteiger partial charge in [-0.3, -0.25) is 4.79 Å². The molecule has 0 amide bonds. The van der Waals surface area contributed by atoms with Crippen molar-refractivity contribution in [3.8, 4) is 5.75 Å². The second-order valence-electron chi connectivity index (χ2n) is 4.93. The molecule has 0 saturated heterocycles. The first kappa shape index (κ1) is 12.9. The lowest BCUT2D eigenvalue weighted by Crippen LogP contribution is -1.97. The first-order valence-electron chi connectivity index (χ1n) is 6.51. The van der Waals surface area contributed by atoms with E-state index >= 15 is 0 Å². The molecular weight excluding hydrogens is 224 g/mol. The van der Waals surface area contributed by atoms with Gasteiger partial charge < -0.3 is 4.74 Å². The fourth-order valence-corrected chi connectivity index (χ4v) is 2.47. The van der Waals surface area contributed by atoms with Gasteiger partial charge in [0.1, 0.15) is 5.75 Å². The highest BCUT2D eigenvalue weighted by molar-refractivity contribution is 5.98. The van der Waals surface area contributed by atoms with Crippen LogP contribution in [0.5, 0.6) is 5.75 Å². The minimum Gasteiger partial charge on any atom is -0.496 e. The lowest BCUT2D eigenvalue weighted by atomic mass is 9.96. The minimum atomic E-state index is 0.239. The van der Waals surface area contributed by atoms with Crippen LogP contribution in [0.15, 0.2) is 18.2 Å². The van der Waals surface area contributed by atoms with Crippen LogP contribution in [0.25, 0.3) is 5.57 Å². The molecule has 0 saturated carbocycles. The normalized spacial score (nSPS) is 16.2. The molecule has 1 aromatic carbocycles. The van der Waals surface area contributed by atoms with E-state index in [9.17, 15) is 4.79 Å². The maximum absolute atomic E-state index is 11.7. The van der Waals surface area contributed by atoms with Gasteiger partial charge in [0, 0.05) is 12.0 Å². The van der Waals surface area contributed by atoms with Crippen LogP contribution in [0.3, 0.4) is 0 Å². The highest BCUT2D eigenvalue weighted by Crippen LogP contribution is 2.35. The minimum absolute atomic E-state index is 0.239. The fourth-order valence-electron chi connectivity index (χ4n) is 2.47. The Balaban J connectivity index is 2.50. The Hall–Kier alpha value is -1.57. The zero-order chi connectivity index (χ0) is 13.1. The molecule has 1 aliphatic rings. The maximum atomic E-state index is 11.7. The van der Waals surface area contributed by atoms with Crippen LogP contribution in [0, 0.1) is 13.8 Å². The average Bonchev–Trinajstić information content (AvgIpc) is 2.57.